The Bertz CT molecular complexity index is 1040. The van der Waals surface area contributed by atoms with Gasteiger partial charge in [-0.1, -0.05) is 23.7 Å². The predicted octanol–water partition coefficient (Wildman–Crippen LogP) is 3.14. The van der Waals surface area contributed by atoms with Gasteiger partial charge in [-0.3, -0.25) is 10.1 Å². The zero-order valence-corrected chi connectivity index (χ0v) is 18.4. The molecule has 1 aromatic heterocycles. The van der Waals surface area contributed by atoms with Gasteiger partial charge in [0.05, 0.1) is 13.2 Å². The van der Waals surface area contributed by atoms with Gasteiger partial charge in [-0.15, -0.1) is 0 Å². The molecule has 2 heterocycles. The predicted molar refractivity (Wildman–Crippen MR) is 125 cm³/mol. The van der Waals surface area contributed by atoms with E-state index >= 15 is 0 Å². The number of nitrogens with one attached hydrogen (secondary N) is 3. The SMILES string of the molecule is O=C(NC(=S)Nc1ccc(C[NH+]2CCOCC2)cc1)c1ccc(-c2ccc(Cl)cc2)o1. The molecule has 1 aliphatic heterocycles. The van der Waals surface area contributed by atoms with Crippen LogP contribution < -0.4 is 15.5 Å². The Hall–Kier alpha value is -2.71. The summed E-state index contributed by atoms with van der Waals surface area (Å²) >= 11 is 11.2. The normalized spacial score (nSPS) is 14.2. The Morgan fingerprint density at radius 1 is 1.00 bits per heavy atom. The molecule has 0 unspecified atom stereocenters. The summed E-state index contributed by atoms with van der Waals surface area (Å²) in [5, 5.41) is 6.53. The first-order chi connectivity index (χ1) is 15.1. The van der Waals surface area contributed by atoms with Crippen LogP contribution in [0.25, 0.3) is 11.3 Å². The lowest BCUT2D eigenvalue weighted by molar-refractivity contribution is -0.921. The molecule has 1 aliphatic rings. The number of hydrogen-bond donors (Lipinski definition) is 3. The molecule has 160 valence electrons. The van der Waals surface area contributed by atoms with Gasteiger partial charge >= 0.3 is 0 Å². The number of amides is 1. The van der Waals surface area contributed by atoms with E-state index in [2.05, 4.69) is 22.8 Å². The lowest BCUT2D eigenvalue weighted by atomic mass is 10.2. The minimum Gasteiger partial charge on any atom is -0.451 e. The third-order valence-corrected chi connectivity index (χ3v) is 5.51. The highest BCUT2D eigenvalue weighted by Gasteiger charge is 2.15. The third-order valence-electron chi connectivity index (χ3n) is 5.05. The van der Waals surface area contributed by atoms with E-state index in [1.165, 1.54) is 10.5 Å². The summed E-state index contributed by atoms with van der Waals surface area (Å²) in [6, 6.07) is 18.6. The van der Waals surface area contributed by atoms with Crippen molar-refractivity contribution in [2.75, 3.05) is 31.6 Å². The lowest BCUT2D eigenvalue weighted by Gasteiger charge is -2.23. The molecule has 0 atom stereocenters. The molecule has 0 aliphatic carbocycles. The average Bonchev–Trinajstić information content (AvgIpc) is 3.27. The second-order valence-corrected chi connectivity index (χ2v) is 8.16. The van der Waals surface area contributed by atoms with Crippen LogP contribution in [0.1, 0.15) is 16.1 Å². The van der Waals surface area contributed by atoms with Gasteiger partial charge in [0, 0.05) is 21.8 Å². The van der Waals surface area contributed by atoms with E-state index in [-0.39, 0.29) is 10.9 Å². The molecule has 1 saturated heterocycles. The average molecular weight is 457 g/mol. The molecule has 0 saturated carbocycles. The summed E-state index contributed by atoms with van der Waals surface area (Å²) in [6.45, 7) is 4.67. The van der Waals surface area contributed by atoms with Gasteiger partial charge in [-0.2, -0.15) is 0 Å². The molecular formula is C23H23ClN3O3S+. The number of benzene rings is 2. The molecule has 1 amide bonds. The number of quaternary nitrogens is 1. The van der Waals surface area contributed by atoms with Crippen molar-refractivity contribution >= 4 is 40.5 Å². The van der Waals surface area contributed by atoms with E-state index < -0.39 is 5.91 Å². The zero-order chi connectivity index (χ0) is 21.6. The summed E-state index contributed by atoms with van der Waals surface area (Å²) < 4.78 is 11.1. The third kappa shape index (κ3) is 5.92. The second kappa shape index (κ2) is 10.1. The summed E-state index contributed by atoms with van der Waals surface area (Å²) in [5.41, 5.74) is 2.90. The molecular weight excluding hydrogens is 434 g/mol. The Balaban J connectivity index is 1.30. The van der Waals surface area contributed by atoms with Crippen molar-refractivity contribution in [2.45, 2.75) is 6.54 Å². The van der Waals surface area contributed by atoms with Crippen LogP contribution in [0.15, 0.2) is 65.1 Å². The first-order valence-electron chi connectivity index (χ1n) is 10.1. The minimum absolute atomic E-state index is 0.179. The number of carbonyl (C=O) groups is 1. The van der Waals surface area contributed by atoms with Crippen LogP contribution in [-0.2, 0) is 11.3 Å². The van der Waals surface area contributed by atoms with Gasteiger partial charge in [-0.25, -0.2) is 0 Å². The highest BCUT2D eigenvalue weighted by Crippen LogP contribution is 2.23. The van der Waals surface area contributed by atoms with E-state index in [1.807, 2.05) is 24.3 Å². The van der Waals surface area contributed by atoms with Gasteiger partial charge < -0.3 is 19.4 Å². The maximum Gasteiger partial charge on any atom is 0.293 e. The van der Waals surface area contributed by atoms with Crippen LogP contribution in [-0.4, -0.2) is 37.3 Å². The van der Waals surface area contributed by atoms with E-state index in [4.69, 9.17) is 33.0 Å². The van der Waals surface area contributed by atoms with Crippen molar-refractivity contribution in [2.24, 2.45) is 0 Å². The number of halogens is 1. The van der Waals surface area contributed by atoms with Gasteiger partial charge in [0.1, 0.15) is 25.4 Å². The molecule has 0 spiro atoms. The van der Waals surface area contributed by atoms with Gasteiger partial charge in [0.2, 0.25) is 0 Å². The maximum atomic E-state index is 12.5. The number of carbonyl (C=O) groups excluding carboxylic acids is 1. The maximum absolute atomic E-state index is 12.5. The Labute approximate surface area is 191 Å². The summed E-state index contributed by atoms with van der Waals surface area (Å²) in [4.78, 5) is 14.0. The van der Waals surface area contributed by atoms with Crippen molar-refractivity contribution in [3.63, 3.8) is 0 Å². The fourth-order valence-corrected chi connectivity index (χ4v) is 3.72. The largest absolute Gasteiger partial charge is 0.451 e. The number of rotatable bonds is 5. The zero-order valence-electron chi connectivity index (χ0n) is 16.8. The molecule has 0 radical (unpaired) electrons. The highest BCUT2D eigenvalue weighted by molar-refractivity contribution is 7.80. The smallest absolute Gasteiger partial charge is 0.293 e. The van der Waals surface area contributed by atoms with E-state index in [0.29, 0.717) is 10.8 Å². The fraction of sp³-hybridized carbons (Fsp3) is 0.217. The first kappa shape index (κ1) is 21.5. The van der Waals surface area contributed by atoms with Crippen molar-refractivity contribution in [1.29, 1.82) is 0 Å². The molecule has 31 heavy (non-hydrogen) atoms. The molecule has 4 rings (SSSR count). The first-order valence-corrected chi connectivity index (χ1v) is 10.8. The van der Waals surface area contributed by atoms with E-state index in [0.717, 1.165) is 44.1 Å². The number of hydrogen-bond acceptors (Lipinski definition) is 4. The van der Waals surface area contributed by atoms with Crippen LogP contribution in [0.5, 0.6) is 0 Å². The molecule has 6 nitrogen and oxygen atoms in total. The Morgan fingerprint density at radius 2 is 1.71 bits per heavy atom. The van der Waals surface area contributed by atoms with Crippen molar-refractivity contribution < 1.29 is 18.8 Å². The van der Waals surface area contributed by atoms with Crippen LogP contribution in [0, 0.1) is 0 Å². The summed E-state index contributed by atoms with van der Waals surface area (Å²) in [7, 11) is 0. The Morgan fingerprint density at radius 3 is 2.42 bits per heavy atom. The monoisotopic (exact) mass is 456 g/mol. The van der Waals surface area contributed by atoms with E-state index in [9.17, 15) is 4.79 Å². The minimum atomic E-state index is -0.412. The van der Waals surface area contributed by atoms with Gasteiger partial charge in [0.15, 0.2) is 10.9 Å². The number of thiocarbonyl (C=S) groups is 1. The van der Waals surface area contributed by atoms with Gasteiger partial charge in [-0.05, 0) is 60.7 Å². The van der Waals surface area contributed by atoms with Crippen molar-refractivity contribution in [3.8, 4) is 11.3 Å². The van der Waals surface area contributed by atoms with Crippen molar-refractivity contribution in [3.05, 3.63) is 77.0 Å². The summed E-state index contributed by atoms with van der Waals surface area (Å²) in [6.07, 6.45) is 0. The van der Waals surface area contributed by atoms with Gasteiger partial charge in [0.25, 0.3) is 5.91 Å². The molecule has 1 fully saturated rings. The number of furan rings is 1. The number of anilines is 1. The molecule has 3 N–H and O–H groups in total. The topological polar surface area (TPSA) is 67.9 Å². The molecule has 8 heteroatoms. The highest BCUT2D eigenvalue weighted by atomic mass is 35.5. The standard InChI is InChI=1S/C23H22ClN3O3S/c24-18-5-3-17(4-6-18)20-9-10-21(30-20)22(28)26-23(31)25-19-7-1-16(2-8-19)15-27-11-13-29-14-12-27/h1-10H,11-15H2,(H2,25,26,28,31)/p+1. The summed E-state index contributed by atoms with van der Waals surface area (Å²) in [5.74, 6) is 0.349. The Kier molecular flexibility index (Phi) is 6.99. The van der Waals surface area contributed by atoms with E-state index in [1.54, 1.807) is 24.3 Å². The quantitative estimate of drug-likeness (QED) is 0.515. The van der Waals surface area contributed by atoms with Crippen molar-refractivity contribution in [1.82, 2.24) is 5.32 Å². The fourth-order valence-electron chi connectivity index (χ4n) is 3.39. The molecule has 2 aromatic carbocycles. The number of morpholine rings is 1. The van der Waals surface area contributed by atoms with Crippen LogP contribution in [0.2, 0.25) is 5.02 Å². The number of ether oxygens (including phenoxy) is 1. The molecule has 3 aromatic rings. The van der Waals surface area contributed by atoms with Crippen LogP contribution in [0.4, 0.5) is 5.69 Å². The van der Waals surface area contributed by atoms with Crippen LogP contribution in [0.3, 0.4) is 0 Å². The second-order valence-electron chi connectivity index (χ2n) is 7.32. The molecule has 0 bridgehead atoms. The van der Waals surface area contributed by atoms with Crippen LogP contribution >= 0.6 is 23.8 Å². The lowest BCUT2D eigenvalue weighted by Crippen LogP contribution is -3.12.